The van der Waals surface area contributed by atoms with E-state index in [-0.39, 0.29) is 0 Å². The van der Waals surface area contributed by atoms with Crippen LogP contribution < -0.4 is 5.32 Å². The molecule has 1 fully saturated rings. The van der Waals surface area contributed by atoms with Gasteiger partial charge in [-0.05, 0) is 26.2 Å². The van der Waals surface area contributed by atoms with Crippen LogP contribution in [0, 0.1) is 0 Å². The van der Waals surface area contributed by atoms with Crippen molar-refractivity contribution < 1.29 is 4.74 Å². The summed E-state index contributed by atoms with van der Waals surface area (Å²) in [4.78, 5) is 2.65. The lowest BCUT2D eigenvalue weighted by molar-refractivity contribution is 0.0401. The lowest BCUT2D eigenvalue weighted by atomic mass is 9.91. The maximum Gasteiger partial charge on any atom is 0.0474 e. The largest absolute Gasteiger partial charge is 0.385 e. The van der Waals surface area contributed by atoms with Gasteiger partial charge in [0.25, 0.3) is 0 Å². The molecule has 0 aliphatic carbocycles. The molecule has 0 aromatic carbocycles. The molecule has 3 nitrogen and oxygen atoms in total. The Labute approximate surface area is 101 Å². The number of nitrogens with zero attached hydrogens (tertiary/aromatic N) is 1. The van der Waals surface area contributed by atoms with Crippen molar-refractivity contribution in [3.63, 3.8) is 0 Å². The fourth-order valence-corrected chi connectivity index (χ4v) is 2.41. The van der Waals surface area contributed by atoms with E-state index in [1.165, 1.54) is 19.4 Å². The quantitative estimate of drug-likeness (QED) is 0.703. The van der Waals surface area contributed by atoms with Crippen molar-refractivity contribution in [2.24, 2.45) is 0 Å². The third kappa shape index (κ3) is 3.44. The lowest BCUT2D eigenvalue weighted by Gasteiger charge is -2.48. The molecular weight excluding hydrogens is 200 g/mol. The number of hydrogen-bond donors (Lipinski definition) is 1. The zero-order valence-electron chi connectivity index (χ0n) is 11.4. The first-order valence-corrected chi connectivity index (χ1v) is 6.63. The van der Waals surface area contributed by atoms with Crippen LogP contribution in [-0.2, 0) is 4.74 Å². The Morgan fingerprint density at radius 2 is 2.19 bits per heavy atom. The van der Waals surface area contributed by atoms with Gasteiger partial charge in [0.05, 0.1) is 0 Å². The van der Waals surface area contributed by atoms with E-state index in [2.05, 4.69) is 31.0 Å². The molecule has 1 N–H and O–H groups in total. The molecule has 1 heterocycles. The Hall–Kier alpha value is -0.120. The monoisotopic (exact) mass is 228 g/mol. The molecule has 2 atom stereocenters. The number of piperazine rings is 1. The van der Waals surface area contributed by atoms with Gasteiger partial charge < -0.3 is 10.1 Å². The summed E-state index contributed by atoms with van der Waals surface area (Å²) in [6.45, 7) is 11.3. The first-order valence-electron chi connectivity index (χ1n) is 6.63. The van der Waals surface area contributed by atoms with Crippen LogP contribution in [0.2, 0.25) is 0 Å². The number of rotatable bonds is 6. The number of hydrogen-bond acceptors (Lipinski definition) is 3. The highest BCUT2D eigenvalue weighted by Gasteiger charge is 2.35. The van der Waals surface area contributed by atoms with Gasteiger partial charge in [-0.2, -0.15) is 0 Å². The van der Waals surface area contributed by atoms with Gasteiger partial charge in [0, 0.05) is 44.9 Å². The molecule has 0 spiro atoms. The van der Waals surface area contributed by atoms with Crippen molar-refractivity contribution in [3.05, 3.63) is 0 Å². The minimum absolute atomic E-state index is 0.333. The van der Waals surface area contributed by atoms with Gasteiger partial charge in [0.1, 0.15) is 0 Å². The Kier molecular flexibility index (Phi) is 5.73. The van der Waals surface area contributed by atoms with Gasteiger partial charge in [-0.1, -0.05) is 13.8 Å². The van der Waals surface area contributed by atoms with Crippen molar-refractivity contribution in [3.8, 4) is 0 Å². The molecule has 96 valence electrons. The van der Waals surface area contributed by atoms with Crippen LogP contribution in [0.3, 0.4) is 0 Å². The average Bonchev–Trinajstić information content (AvgIpc) is 2.32. The topological polar surface area (TPSA) is 24.5 Å². The highest BCUT2D eigenvalue weighted by atomic mass is 16.5. The fraction of sp³-hybridized carbons (Fsp3) is 1.00. The Morgan fingerprint density at radius 3 is 2.75 bits per heavy atom. The van der Waals surface area contributed by atoms with Gasteiger partial charge in [0.15, 0.2) is 0 Å². The van der Waals surface area contributed by atoms with Crippen LogP contribution >= 0.6 is 0 Å². The summed E-state index contributed by atoms with van der Waals surface area (Å²) in [6, 6.07) is 0.669. The number of nitrogens with one attached hydrogen (secondary N) is 1. The Bertz CT molecular complexity index is 198. The molecule has 0 radical (unpaired) electrons. The van der Waals surface area contributed by atoms with E-state index < -0.39 is 0 Å². The zero-order chi connectivity index (χ0) is 12.0. The van der Waals surface area contributed by atoms with E-state index in [4.69, 9.17) is 4.74 Å². The zero-order valence-corrected chi connectivity index (χ0v) is 11.4. The molecule has 0 amide bonds. The highest BCUT2D eigenvalue weighted by Crippen LogP contribution is 2.23. The highest BCUT2D eigenvalue weighted by molar-refractivity contribution is 4.94. The second-order valence-electron chi connectivity index (χ2n) is 5.13. The summed E-state index contributed by atoms with van der Waals surface area (Å²) in [5, 5.41) is 3.66. The van der Waals surface area contributed by atoms with E-state index in [1.54, 1.807) is 7.11 Å². The van der Waals surface area contributed by atoms with Crippen molar-refractivity contribution in [2.75, 3.05) is 33.4 Å². The summed E-state index contributed by atoms with van der Waals surface area (Å²) in [7, 11) is 1.78. The van der Waals surface area contributed by atoms with Crippen molar-refractivity contribution >= 4 is 0 Å². The lowest BCUT2D eigenvalue weighted by Crippen LogP contribution is -2.63. The van der Waals surface area contributed by atoms with Crippen molar-refractivity contribution in [1.82, 2.24) is 10.2 Å². The molecule has 3 heteroatoms. The van der Waals surface area contributed by atoms with Gasteiger partial charge in [0.2, 0.25) is 0 Å². The molecule has 0 aromatic heterocycles. The molecule has 1 aliphatic rings. The first kappa shape index (κ1) is 13.9. The number of ether oxygens (including phenoxy) is 1. The minimum Gasteiger partial charge on any atom is -0.385 e. The normalized spacial score (nSPS) is 31.9. The van der Waals surface area contributed by atoms with Crippen LogP contribution in [0.5, 0.6) is 0 Å². The number of methoxy groups -OCH3 is 1. The van der Waals surface area contributed by atoms with Crippen LogP contribution in [0.25, 0.3) is 0 Å². The van der Waals surface area contributed by atoms with Gasteiger partial charge in [-0.3, -0.25) is 4.90 Å². The van der Waals surface area contributed by atoms with E-state index in [9.17, 15) is 0 Å². The molecule has 0 saturated carbocycles. The molecular formula is C13H28N2O. The maximum absolute atomic E-state index is 5.15. The second-order valence-corrected chi connectivity index (χ2v) is 5.13. The van der Waals surface area contributed by atoms with E-state index in [0.717, 1.165) is 26.1 Å². The van der Waals surface area contributed by atoms with Crippen LogP contribution in [0.4, 0.5) is 0 Å². The third-order valence-electron chi connectivity index (χ3n) is 4.01. The van der Waals surface area contributed by atoms with Gasteiger partial charge in [-0.25, -0.2) is 0 Å². The Morgan fingerprint density at radius 1 is 1.44 bits per heavy atom. The van der Waals surface area contributed by atoms with E-state index in [1.807, 2.05) is 0 Å². The molecule has 1 rings (SSSR count). The summed E-state index contributed by atoms with van der Waals surface area (Å²) >= 11 is 0. The molecule has 1 saturated heterocycles. The minimum atomic E-state index is 0.333. The maximum atomic E-state index is 5.15. The SMILES string of the molecule is CCC1CN(CCCOC)C(C)(CC)CN1. The predicted molar refractivity (Wildman–Crippen MR) is 68.8 cm³/mol. The second kappa shape index (κ2) is 6.58. The third-order valence-corrected chi connectivity index (χ3v) is 4.01. The van der Waals surface area contributed by atoms with Crippen molar-refractivity contribution in [1.29, 1.82) is 0 Å². The summed E-state index contributed by atoms with van der Waals surface area (Å²) in [6.07, 6.45) is 3.58. The van der Waals surface area contributed by atoms with Crippen molar-refractivity contribution in [2.45, 2.75) is 51.6 Å². The smallest absolute Gasteiger partial charge is 0.0474 e. The van der Waals surface area contributed by atoms with Gasteiger partial charge in [-0.15, -0.1) is 0 Å². The summed E-state index contributed by atoms with van der Waals surface area (Å²) in [5.74, 6) is 0. The van der Waals surface area contributed by atoms with Crippen LogP contribution in [-0.4, -0.2) is 49.8 Å². The molecule has 2 unspecified atom stereocenters. The van der Waals surface area contributed by atoms with E-state index in [0.29, 0.717) is 11.6 Å². The molecule has 1 aliphatic heterocycles. The van der Waals surface area contributed by atoms with Crippen LogP contribution in [0.15, 0.2) is 0 Å². The van der Waals surface area contributed by atoms with E-state index >= 15 is 0 Å². The van der Waals surface area contributed by atoms with Crippen LogP contribution in [0.1, 0.15) is 40.0 Å². The predicted octanol–water partition coefficient (Wildman–Crippen LogP) is 1.88. The Balaban J connectivity index is 2.50. The molecule has 16 heavy (non-hydrogen) atoms. The first-order chi connectivity index (χ1) is 7.66. The average molecular weight is 228 g/mol. The van der Waals surface area contributed by atoms with Gasteiger partial charge >= 0.3 is 0 Å². The fourth-order valence-electron chi connectivity index (χ4n) is 2.41. The molecule has 0 aromatic rings. The standard InChI is InChI=1S/C13H28N2O/c1-5-12-10-15(8-7-9-16-4)13(3,6-2)11-14-12/h12,14H,5-11H2,1-4H3. The summed E-state index contributed by atoms with van der Waals surface area (Å²) in [5.41, 5.74) is 0.333. The molecule has 0 bridgehead atoms. The summed E-state index contributed by atoms with van der Waals surface area (Å²) < 4.78 is 5.15.